The minimum absolute atomic E-state index is 0.00214. The second-order valence-corrected chi connectivity index (χ2v) is 5.63. The molecule has 1 heterocycles. The zero-order chi connectivity index (χ0) is 14.5. The number of piperidine rings is 1. The number of carbonyl (C=O) groups excluding carboxylic acids is 1. The largest absolute Gasteiger partial charge is 0.397 e. The molecule has 1 aliphatic rings. The molecule has 110 valence electrons. The van der Waals surface area contributed by atoms with Crippen LogP contribution < -0.4 is 11.1 Å². The first-order valence-electron chi connectivity index (χ1n) is 7.09. The number of nitrogen functional groups attached to an aromatic ring is 1. The summed E-state index contributed by atoms with van der Waals surface area (Å²) in [4.78, 5) is 16.5. The van der Waals surface area contributed by atoms with Crippen molar-refractivity contribution in [2.24, 2.45) is 0 Å². The van der Waals surface area contributed by atoms with E-state index in [1.54, 1.807) is 6.07 Å². The number of nitrogens with two attached hydrogens (primary N) is 1. The number of anilines is 2. The van der Waals surface area contributed by atoms with E-state index in [1.807, 2.05) is 18.2 Å². The molecule has 1 aliphatic heterocycles. The van der Waals surface area contributed by atoms with E-state index in [0.29, 0.717) is 24.0 Å². The van der Waals surface area contributed by atoms with Crippen molar-refractivity contribution in [1.29, 1.82) is 0 Å². The number of nitrogens with one attached hydrogen (secondary N) is 1. The minimum Gasteiger partial charge on any atom is -0.397 e. The number of nitrogens with zero attached hydrogens (tertiary/aromatic N) is 2. The monoisotopic (exact) mass is 276 g/mol. The van der Waals surface area contributed by atoms with Gasteiger partial charge in [-0.25, -0.2) is 0 Å². The van der Waals surface area contributed by atoms with Gasteiger partial charge in [0.2, 0.25) is 5.91 Å². The molecule has 1 amide bonds. The van der Waals surface area contributed by atoms with E-state index in [4.69, 9.17) is 5.73 Å². The van der Waals surface area contributed by atoms with E-state index in [-0.39, 0.29) is 5.91 Å². The Morgan fingerprint density at radius 3 is 2.90 bits per heavy atom. The quantitative estimate of drug-likeness (QED) is 0.812. The van der Waals surface area contributed by atoms with Gasteiger partial charge >= 0.3 is 0 Å². The van der Waals surface area contributed by atoms with Crippen molar-refractivity contribution in [3.05, 3.63) is 24.3 Å². The molecule has 1 unspecified atom stereocenters. The van der Waals surface area contributed by atoms with Gasteiger partial charge in [0.25, 0.3) is 0 Å². The second kappa shape index (κ2) is 6.72. The number of likely N-dealkylation sites (tertiary alicyclic amines) is 1. The van der Waals surface area contributed by atoms with Crippen LogP contribution in [-0.2, 0) is 4.79 Å². The van der Waals surface area contributed by atoms with E-state index >= 15 is 0 Å². The van der Waals surface area contributed by atoms with Crippen LogP contribution in [0, 0.1) is 0 Å². The highest BCUT2D eigenvalue weighted by atomic mass is 16.2. The predicted octanol–water partition coefficient (Wildman–Crippen LogP) is 1.23. The van der Waals surface area contributed by atoms with Gasteiger partial charge in [-0.3, -0.25) is 9.69 Å². The highest BCUT2D eigenvalue weighted by molar-refractivity contribution is 5.95. The molecule has 1 aromatic carbocycles. The van der Waals surface area contributed by atoms with Crippen molar-refractivity contribution in [3.63, 3.8) is 0 Å². The molecule has 0 bridgehead atoms. The van der Waals surface area contributed by atoms with Crippen LogP contribution >= 0.6 is 0 Å². The van der Waals surface area contributed by atoms with Crippen LogP contribution in [0.15, 0.2) is 24.3 Å². The molecule has 0 spiro atoms. The third-order valence-electron chi connectivity index (χ3n) is 3.81. The average Bonchev–Trinajstić information content (AvgIpc) is 2.41. The Bertz CT molecular complexity index is 461. The highest BCUT2D eigenvalue weighted by Gasteiger charge is 2.22. The first-order valence-corrected chi connectivity index (χ1v) is 7.09. The van der Waals surface area contributed by atoms with Gasteiger partial charge in [-0.1, -0.05) is 12.1 Å². The SMILES string of the molecule is CN(C)C1CCCN(CC(=O)Nc2ccccc2N)C1. The Morgan fingerprint density at radius 1 is 1.45 bits per heavy atom. The number of amides is 1. The smallest absolute Gasteiger partial charge is 0.238 e. The lowest BCUT2D eigenvalue weighted by Crippen LogP contribution is -2.47. The Labute approximate surface area is 120 Å². The van der Waals surface area contributed by atoms with Crippen LogP contribution in [-0.4, -0.2) is 55.5 Å². The summed E-state index contributed by atoms with van der Waals surface area (Å²) in [6.07, 6.45) is 2.35. The first-order chi connectivity index (χ1) is 9.56. The van der Waals surface area contributed by atoms with Crippen molar-refractivity contribution in [2.45, 2.75) is 18.9 Å². The predicted molar refractivity (Wildman–Crippen MR) is 82.6 cm³/mol. The normalized spacial score (nSPS) is 20.1. The summed E-state index contributed by atoms with van der Waals surface area (Å²) >= 11 is 0. The fraction of sp³-hybridized carbons (Fsp3) is 0.533. The lowest BCUT2D eigenvalue weighted by atomic mass is 10.1. The molecular formula is C15H24N4O. The fourth-order valence-corrected chi connectivity index (χ4v) is 2.60. The second-order valence-electron chi connectivity index (χ2n) is 5.63. The molecule has 2 rings (SSSR count). The maximum Gasteiger partial charge on any atom is 0.238 e. The summed E-state index contributed by atoms with van der Waals surface area (Å²) in [7, 11) is 4.19. The lowest BCUT2D eigenvalue weighted by Gasteiger charge is -2.35. The molecule has 0 radical (unpaired) electrons. The van der Waals surface area contributed by atoms with Crippen LogP contribution in [0.1, 0.15) is 12.8 Å². The Hall–Kier alpha value is -1.59. The van der Waals surface area contributed by atoms with Gasteiger partial charge in [0.1, 0.15) is 0 Å². The summed E-state index contributed by atoms with van der Waals surface area (Å²) in [5, 5.41) is 2.88. The van der Waals surface area contributed by atoms with Crippen molar-refractivity contribution in [1.82, 2.24) is 9.80 Å². The molecule has 1 saturated heterocycles. The number of carbonyl (C=O) groups is 1. The molecule has 1 aromatic rings. The first kappa shape index (κ1) is 14.8. The van der Waals surface area contributed by atoms with Crippen molar-refractivity contribution in [3.8, 4) is 0 Å². The van der Waals surface area contributed by atoms with E-state index in [2.05, 4.69) is 29.2 Å². The summed E-state index contributed by atoms with van der Waals surface area (Å²) in [5.41, 5.74) is 7.12. The maximum absolute atomic E-state index is 12.1. The molecule has 1 fully saturated rings. The van der Waals surface area contributed by atoms with Crippen molar-refractivity contribution in [2.75, 3.05) is 44.8 Å². The molecule has 0 aromatic heterocycles. The maximum atomic E-state index is 12.1. The topological polar surface area (TPSA) is 61.6 Å². The summed E-state index contributed by atoms with van der Waals surface area (Å²) in [6, 6.07) is 7.88. The molecule has 1 atom stereocenters. The van der Waals surface area contributed by atoms with Crippen LogP contribution in [0.2, 0.25) is 0 Å². The van der Waals surface area contributed by atoms with Crippen molar-refractivity contribution >= 4 is 17.3 Å². The molecular weight excluding hydrogens is 252 g/mol. The van der Waals surface area contributed by atoms with Gasteiger partial charge in [0.05, 0.1) is 17.9 Å². The zero-order valence-corrected chi connectivity index (χ0v) is 12.3. The van der Waals surface area contributed by atoms with Crippen molar-refractivity contribution < 1.29 is 4.79 Å². The van der Waals surface area contributed by atoms with Gasteiger partial charge in [-0.15, -0.1) is 0 Å². The third kappa shape index (κ3) is 3.95. The van der Waals surface area contributed by atoms with Crippen LogP contribution in [0.4, 0.5) is 11.4 Å². The molecule has 20 heavy (non-hydrogen) atoms. The number of rotatable bonds is 4. The van der Waals surface area contributed by atoms with Crippen LogP contribution in [0.25, 0.3) is 0 Å². The van der Waals surface area contributed by atoms with Gasteiger partial charge in [0, 0.05) is 12.6 Å². The van der Waals surface area contributed by atoms with Gasteiger partial charge < -0.3 is 16.0 Å². The Balaban J connectivity index is 1.87. The molecule has 5 nitrogen and oxygen atoms in total. The molecule has 0 aliphatic carbocycles. The lowest BCUT2D eigenvalue weighted by molar-refractivity contribution is -0.117. The number of likely N-dealkylation sites (N-methyl/N-ethyl adjacent to an activating group) is 1. The van der Waals surface area contributed by atoms with Crippen LogP contribution in [0.5, 0.6) is 0 Å². The van der Waals surface area contributed by atoms with Crippen LogP contribution in [0.3, 0.4) is 0 Å². The number of hydrogen-bond acceptors (Lipinski definition) is 4. The van der Waals surface area contributed by atoms with E-state index in [9.17, 15) is 4.79 Å². The van der Waals surface area contributed by atoms with E-state index in [1.165, 1.54) is 6.42 Å². The number of benzene rings is 1. The minimum atomic E-state index is 0.00214. The highest BCUT2D eigenvalue weighted by Crippen LogP contribution is 2.17. The number of hydrogen-bond donors (Lipinski definition) is 2. The fourth-order valence-electron chi connectivity index (χ4n) is 2.60. The summed E-state index contributed by atoms with van der Waals surface area (Å²) in [6.45, 7) is 2.37. The molecule has 0 saturated carbocycles. The molecule has 3 N–H and O–H groups in total. The third-order valence-corrected chi connectivity index (χ3v) is 3.81. The van der Waals surface area contributed by atoms with E-state index in [0.717, 1.165) is 19.5 Å². The van der Waals surface area contributed by atoms with Gasteiger partial charge in [-0.2, -0.15) is 0 Å². The van der Waals surface area contributed by atoms with Gasteiger partial charge in [-0.05, 0) is 45.6 Å². The Morgan fingerprint density at radius 2 is 2.20 bits per heavy atom. The zero-order valence-electron chi connectivity index (χ0n) is 12.3. The molecule has 5 heteroatoms. The van der Waals surface area contributed by atoms with E-state index < -0.39 is 0 Å². The average molecular weight is 276 g/mol. The summed E-state index contributed by atoms with van der Waals surface area (Å²) < 4.78 is 0. The summed E-state index contributed by atoms with van der Waals surface area (Å²) in [5.74, 6) is 0.00214. The Kier molecular flexibility index (Phi) is 4.98. The standard InChI is InChI=1S/C15H24N4O/c1-18(2)12-6-5-9-19(10-12)11-15(20)17-14-8-4-3-7-13(14)16/h3-4,7-8,12H,5-6,9-11,16H2,1-2H3,(H,17,20). The van der Waals surface area contributed by atoms with Gasteiger partial charge in [0.15, 0.2) is 0 Å². The number of para-hydroxylation sites is 2.